The van der Waals surface area contributed by atoms with Crippen molar-refractivity contribution in [2.75, 3.05) is 19.6 Å². The molecule has 9 heteroatoms. The van der Waals surface area contributed by atoms with Gasteiger partial charge < -0.3 is 15.5 Å². The van der Waals surface area contributed by atoms with Gasteiger partial charge in [0.05, 0.1) is 4.90 Å². The van der Waals surface area contributed by atoms with Gasteiger partial charge in [-0.1, -0.05) is 0 Å². The smallest absolute Gasteiger partial charge is 0.339 e. The lowest BCUT2D eigenvalue weighted by molar-refractivity contribution is 0.0693. The number of carboxylic acids is 1. The minimum Gasteiger partial charge on any atom is -0.507 e. The molecule has 3 N–H and O–H groups in total. The number of nitrogens with zero attached hydrogens (tertiary/aromatic N) is 1. The Balaban J connectivity index is 0.00000176. The Labute approximate surface area is 134 Å². The lowest BCUT2D eigenvalue weighted by Crippen LogP contribution is -2.34. The molecule has 2 atom stereocenters. The first-order chi connectivity index (χ1) is 9.89. The van der Waals surface area contributed by atoms with E-state index in [4.69, 9.17) is 5.11 Å². The number of nitrogens with one attached hydrogen (secondary N) is 1. The molecule has 0 bridgehead atoms. The Morgan fingerprint density at radius 1 is 1.32 bits per heavy atom. The highest BCUT2D eigenvalue weighted by Gasteiger charge is 2.41. The molecule has 0 amide bonds. The van der Waals surface area contributed by atoms with Crippen molar-refractivity contribution < 1.29 is 23.4 Å². The van der Waals surface area contributed by atoms with Crippen molar-refractivity contribution in [1.82, 2.24) is 9.62 Å². The Morgan fingerprint density at radius 3 is 2.68 bits per heavy atom. The Bertz CT molecular complexity index is 682. The first-order valence-electron chi connectivity index (χ1n) is 6.69. The number of hydrogen-bond acceptors (Lipinski definition) is 5. The van der Waals surface area contributed by atoms with Gasteiger partial charge in [0.25, 0.3) is 0 Å². The van der Waals surface area contributed by atoms with Crippen LogP contribution in [0.15, 0.2) is 23.1 Å². The number of phenols is 1. The number of rotatable bonds is 3. The van der Waals surface area contributed by atoms with E-state index in [1.54, 1.807) is 0 Å². The van der Waals surface area contributed by atoms with Crippen molar-refractivity contribution in [3.63, 3.8) is 0 Å². The maximum atomic E-state index is 12.6. The fourth-order valence-electron chi connectivity index (χ4n) is 3.00. The minimum absolute atomic E-state index is 0. The second-order valence-corrected chi connectivity index (χ2v) is 7.35. The fraction of sp³-hybridized carbons (Fsp3) is 0.462. The summed E-state index contributed by atoms with van der Waals surface area (Å²) < 4.78 is 26.5. The molecule has 0 unspecified atom stereocenters. The number of carboxylic acid groups (broad SMARTS) is 1. The molecule has 122 valence electrons. The van der Waals surface area contributed by atoms with E-state index in [9.17, 15) is 18.3 Å². The van der Waals surface area contributed by atoms with Crippen molar-refractivity contribution in [3.05, 3.63) is 23.8 Å². The maximum Gasteiger partial charge on any atom is 0.339 e. The highest BCUT2D eigenvalue weighted by atomic mass is 35.5. The molecule has 2 fully saturated rings. The summed E-state index contributed by atoms with van der Waals surface area (Å²) in [6.07, 6.45) is 0.951. The van der Waals surface area contributed by atoms with E-state index in [0.29, 0.717) is 19.0 Å². The van der Waals surface area contributed by atoms with Crippen LogP contribution in [0.5, 0.6) is 5.75 Å². The average molecular weight is 349 g/mol. The van der Waals surface area contributed by atoms with Crippen LogP contribution in [0, 0.1) is 5.92 Å². The normalized spacial score (nSPS) is 24.7. The third-order valence-corrected chi connectivity index (χ3v) is 5.99. The van der Waals surface area contributed by atoms with Gasteiger partial charge in [-0.3, -0.25) is 0 Å². The summed E-state index contributed by atoms with van der Waals surface area (Å²) >= 11 is 0. The molecule has 0 aromatic heterocycles. The topological polar surface area (TPSA) is 107 Å². The lowest BCUT2D eigenvalue weighted by atomic mass is 10.1. The Morgan fingerprint density at radius 2 is 2.05 bits per heavy atom. The van der Waals surface area contributed by atoms with Gasteiger partial charge in [-0.05, 0) is 37.1 Å². The van der Waals surface area contributed by atoms with E-state index in [1.807, 2.05) is 0 Å². The Hall–Kier alpha value is -1.35. The summed E-state index contributed by atoms with van der Waals surface area (Å²) in [7, 11) is -3.73. The summed E-state index contributed by atoms with van der Waals surface area (Å²) in [5.74, 6) is -1.48. The number of fused-ring (bicyclic) bond motifs is 1. The monoisotopic (exact) mass is 348 g/mol. The first kappa shape index (κ1) is 17.0. The first-order valence-corrected chi connectivity index (χ1v) is 8.13. The molecule has 7 nitrogen and oxygen atoms in total. The van der Waals surface area contributed by atoms with Gasteiger partial charge in [-0.15, -0.1) is 12.4 Å². The minimum atomic E-state index is -3.73. The van der Waals surface area contributed by atoms with Crippen LogP contribution < -0.4 is 5.32 Å². The molecule has 22 heavy (non-hydrogen) atoms. The zero-order chi connectivity index (χ0) is 15.2. The van der Waals surface area contributed by atoms with Crippen LogP contribution in [0.3, 0.4) is 0 Å². The Kier molecular flexibility index (Phi) is 4.67. The molecule has 0 saturated carbocycles. The van der Waals surface area contributed by atoms with Crippen LogP contribution in [-0.2, 0) is 10.0 Å². The lowest BCUT2D eigenvalue weighted by Gasteiger charge is -2.17. The van der Waals surface area contributed by atoms with E-state index in [-0.39, 0.29) is 23.3 Å². The number of aromatic carboxylic acids is 1. The molecule has 3 rings (SSSR count). The number of aromatic hydroxyl groups is 1. The third kappa shape index (κ3) is 2.79. The van der Waals surface area contributed by atoms with Gasteiger partial charge in [0, 0.05) is 19.1 Å². The molecular formula is C13H17ClN2O5S. The molecule has 0 aliphatic carbocycles. The summed E-state index contributed by atoms with van der Waals surface area (Å²) in [4.78, 5) is 10.9. The molecule has 2 heterocycles. The average Bonchev–Trinajstić information content (AvgIpc) is 2.99. The van der Waals surface area contributed by atoms with Gasteiger partial charge in [0.2, 0.25) is 10.0 Å². The van der Waals surface area contributed by atoms with Crippen LogP contribution in [0.4, 0.5) is 0 Å². The number of benzene rings is 1. The third-order valence-electron chi connectivity index (χ3n) is 4.17. The summed E-state index contributed by atoms with van der Waals surface area (Å²) in [5.41, 5.74) is -0.409. The van der Waals surface area contributed by atoms with Crippen LogP contribution in [0.25, 0.3) is 0 Å². The van der Waals surface area contributed by atoms with Gasteiger partial charge in [0.1, 0.15) is 11.3 Å². The van der Waals surface area contributed by atoms with Crippen molar-refractivity contribution in [1.29, 1.82) is 0 Å². The number of hydrogen-bond donors (Lipinski definition) is 3. The summed E-state index contributed by atoms with van der Waals surface area (Å²) in [6, 6.07) is 3.52. The van der Waals surface area contributed by atoms with Crippen LogP contribution in [0.2, 0.25) is 0 Å². The second kappa shape index (κ2) is 6.04. The van der Waals surface area contributed by atoms with Crippen molar-refractivity contribution in [2.24, 2.45) is 5.92 Å². The molecule has 2 aliphatic rings. The summed E-state index contributed by atoms with van der Waals surface area (Å²) in [5, 5.41) is 21.7. The quantitative estimate of drug-likeness (QED) is 0.734. The van der Waals surface area contributed by atoms with Crippen molar-refractivity contribution in [2.45, 2.75) is 17.4 Å². The van der Waals surface area contributed by atoms with Crippen LogP contribution in [0.1, 0.15) is 16.8 Å². The van der Waals surface area contributed by atoms with Crippen molar-refractivity contribution >= 4 is 28.4 Å². The predicted octanol–water partition coefficient (Wildman–Crippen LogP) is 0.495. The fourth-order valence-corrected chi connectivity index (χ4v) is 4.55. The predicted molar refractivity (Wildman–Crippen MR) is 81.0 cm³/mol. The zero-order valence-electron chi connectivity index (χ0n) is 11.6. The van der Waals surface area contributed by atoms with E-state index < -0.39 is 27.3 Å². The summed E-state index contributed by atoms with van der Waals surface area (Å²) in [6.45, 7) is 1.76. The molecule has 2 aliphatic heterocycles. The largest absolute Gasteiger partial charge is 0.507 e. The van der Waals surface area contributed by atoms with Gasteiger partial charge in [-0.2, -0.15) is 4.31 Å². The number of carbonyl (C=O) groups is 1. The molecule has 1 aromatic rings. The molecule has 2 saturated heterocycles. The number of halogens is 1. The highest BCUT2D eigenvalue weighted by Crippen LogP contribution is 2.30. The molecule has 0 spiro atoms. The van der Waals surface area contributed by atoms with E-state index in [0.717, 1.165) is 25.1 Å². The number of sulfonamides is 1. The standard InChI is InChI=1S/C13H16N2O5S.ClH/c16-12-2-1-9(5-10(12)13(17)18)21(19,20)15-6-8-3-4-14-11(8)7-15;/h1-2,5,8,11,14,16H,3-4,6-7H2,(H,17,18);1H/t8-,11+;/m0./s1. The zero-order valence-corrected chi connectivity index (χ0v) is 13.2. The second-order valence-electron chi connectivity index (χ2n) is 5.42. The van der Waals surface area contributed by atoms with Crippen LogP contribution >= 0.6 is 12.4 Å². The molecule has 0 radical (unpaired) electrons. The van der Waals surface area contributed by atoms with Gasteiger partial charge >= 0.3 is 5.97 Å². The van der Waals surface area contributed by atoms with E-state index >= 15 is 0 Å². The maximum absolute atomic E-state index is 12.6. The van der Waals surface area contributed by atoms with Gasteiger partial charge in [-0.25, -0.2) is 13.2 Å². The SMILES string of the molecule is Cl.O=C(O)c1cc(S(=O)(=O)N2C[C@@H]3CCN[C@@H]3C2)ccc1O. The van der Waals surface area contributed by atoms with E-state index in [2.05, 4.69) is 5.32 Å². The van der Waals surface area contributed by atoms with E-state index in [1.165, 1.54) is 10.4 Å². The molecule has 1 aromatic carbocycles. The van der Waals surface area contributed by atoms with Crippen molar-refractivity contribution in [3.8, 4) is 5.75 Å². The highest BCUT2D eigenvalue weighted by molar-refractivity contribution is 7.89. The van der Waals surface area contributed by atoms with Gasteiger partial charge in [0.15, 0.2) is 0 Å². The van der Waals surface area contributed by atoms with Crippen LogP contribution in [-0.4, -0.2) is 54.6 Å². The molecular weight excluding hydrogens is 332 g/mol.